The number of hydrazine groups is 1. The van der Waals surface area contributed by atoms with Crippen LogP contribution < -0.4 is 15.6 Å². The number of hydrogen-bond acceptors (Lipinski definition) is 3. The van der Waals surface area contributed by atoms with Crippen LogP contribution in [0.5, 0.6) is 5.75 Å². The predicted molar refractivity (Wildman–Crippen MR) is 63.1 cm³/mol. The molecule has 0 spiro atoms. The highest BCUT2D eigenvalue weighted by atomic mass is 19.1. The molecule has 0 aliphatic heterocycles. The van der Waals surface area contributed by atoms with Crippen LogP contribution in [0.4, 0.5) is 4.39 Å². The number of carbonyl (C=O) groups is 1. The Morgan fingerprint density at radius 1 is 1.47 bits per heavy atom. The van der Waals surface area contributed by atoms with Gasteiger partial charge in [0.1, 0.15) is 0 Å². The molecule has 1 aromatic carbocycles. The van der Waals surface area contributed by atoms with Gasteiger partial charge in [0, 0.05) is 13.5 Å². The summed E-state index contributed by atoms with van der Waals surface area (Å²) in [7, 11) is 3.07. The van der Waals surface area contributed by atoms with Gasteiger partial charge in [0.25, 0.3) is 0 Å². The second kappa shape index (κ2) is 6.85. The van der Waals surface area contributed by atoms with Gasteiger partial charge in [-0.25, -0.2) is 9.82 Å². The zero-order chi connectivity index (χ0) is 12.7. The Morgan fingerprint density at radius 3 is 2.82 bits per heavy atom. The number of rotatable bonds is 6. The lowest BCUT2D eigenvalue weighted by molar-refractivity contribution is -0.122. The monoisotopic (exact) mass is 240 g/mol. The average molecular weight is 240 g/mol. The molecule has 5 heteroatoms. The molecule has 0 radical (unpaired) electrons. The van der Waals surface area contributed by atoms with Gasteiger partial charge in [-0.05, 0) is 30.5 Å². The maximum Gasteiger partial charge on any atom is 0.234 e. The third kappa shape index (κ3) is 4.40. The summed E-state index contributed by atoms with van der Waals surface area (Å²) >= 11 is 0. The van der Waals surface area contributed by atoms with E-state index in [0.29, 0.717) is 19.3 Å². The smallest absolute Gasteiger partial charge is 0.234 e. The maximum absolute atomic E-state index is 13.3. The van der Waals surface area contributed by atoms with E-state index in [1.165, 1.54) is 13.2 Å². The van der Waals surface area contributed by atoms with Crippen molar-refractivity contribution in [3.8, 4) is 5.75 Å². The van der Waals surface area contributed by atoms with Crippen molar-refractivity contribution in [1.82, 2.24) is 10.9 Å². The summed E-state index contributed by atoms with van der Waals surface area (Å²) in [5.41, 5.74) is 5.90. The summed E-state index contributed by atoms with van der Waals surface area (Å²) in [6, 6.07) is 4.84. The first-order chi connectivity index (χ1) is 8.17. The molecule has 0 aliphatic carbocycles. The van der Waals surface area contributed by atoms with Crippen molar-refractivity contribution >= 4 is 5.91 Å². The van der Waals surface area contributed by atoms with Crippen LogP contribution in [0.15, 0.2) is 18.2 Å². The van der Waals surface area contributed by atoms with E-state index in [4.69, 9.17) is 4.74 Å². The minimum absolute atomic E-state index is 0.0681. The Bertz CT molecular complexity index is 383. The van der Waals surface area contributed by atoms with E-state index in [0.717, 1.165) is 5.56 Å². The molecule has 0 saturated heterocycles. The van der Waals surface area contributed by atoms with Crippen molar-refractivity contribution in [3.05, 3.63) is 29.6 Å². The molecule has 17 heavy (non-hydrogen) atoms. The van der Waals surface area contributed by atoms with Gasteiger partial charge in [0.15, 0.2) is 11.6 Å². The molecule has 0 heterocycles. The van der Waals surface area contributed by atoms with E-state index >= 15 is 0 Å². The van der Waals surface area contributed by atoms with E-state index in [-0.39, 0.29) is 17.5 Å². The van der Waals surface area contributed by atoms with Crippen LogP contribution in [0, 0.1) is 5.82 Å². The number of methoxy groups -OCH3 is 1. The molecule has 0 bridgehead atoms. The molecule has 4 nitrogen and oxygen atoms in total. The summed E-state index contributed by atoms with van der Waals surface area (Å²) in [5, 5.41) is 0. The minimum atomic E-state index is -0.371. The summed E-state index contributed by atoms with van der Waals surface area (Å²) in [4.78, 5) is 11.1. The van der Waals surface area contributed by atoms with Crippen LogP contribution in [0.2, 0.25) is 0 Å². The summed E-state index contributed by atoms with van der Waals surface area (Å²) < 4.78 is 18.2. The highest BCUT2D eigenvalue weighted by Crippen LogP contribution is 2.18. The van der Waals surface area contributed by atoms with Gasteiger partial charge < -0.3 is 4.74 Å². The Kier molecular flexibility index (Phi) is 5.42. The van der Waals surface area contributed by atoms with E-state index in [1.807, 2.05) is 0 Å². The fraction of sp³-hybridized carbons (Fsp3) is 0.417. The molecular weight excluding hydrogens is 223 g/mol. The standard InChI is InChI=1S/C12H17FN2O2/c1-14-15-12(16)5-3-4-9-6-7-11(17-2)10(13)8-9/h6-8,14H,3-5H2,1-2H3,(H,15,16). The number of aryl methyl sites for hydroxylation is 1. The van der Waals surface area contributed by atoms with Gasteiger partial charge in [-0.3, -0.25) is 10.2 Å². The zero-order valence-corrected chi connectivity index (χ0v) is 10.0. The number of halogens is 1. The van der Waals surface area contributed by atoms with Gasteiger partial charge in [-0.2, -0.15) is 0 Å². The van der Waals surface area contributed by atoms with E-state index < -0.39 is 0 Å². The van der Waals surface area contributed by atoms with Crippen molar-refractivity contribution in [2.45, 2.75) is 19.3 Å². The highest BCUT2D eigenvalue weighted by molar-refractivity contribution is 5.75. The number of hydrogen-bond donors (Lipinski definition) is 2. The quantitative estimate of drug-likeness (QED) is 0.739. The Hall–Kier alpha value is -1.62. The van der Waals surface area contributed by atoms with Gasteiger partial charge in [0.2, 0.25) is 5.91 Å². The summed E-state index contributed by atoms with van der Waals surface area (Å²) in [5.74, 6) is -0.201. The van der Waals surface area contributed by atoms with Crippen LogP contribution in [0.1, 0.15) is 18.4 Å². The second-order valence-corrected chi connectivity index (χ2v) is 3.62. The minimum Gasteiger partial charge on any atom is -0.494 e. The van der Waals surface area contributed by atoms with Crippen molar-refractivity contribution in [3.63, 3.8) is 0 Å². The molecule has 2 N–H and O–H groups in total. The molecule has 1 amide bonds. The van der Waals surface area contributed by atoms with Gasteiger partial charge in [0.05, 0.1) is 7.11 Å². The first kappa shape index (κ1) is 13.4. The lowest BCUT2D eigenvalue weighted by Crippen LogP contribution is -2.33. The first-order valence-electron chi connectivity index (χ1n) is 5.45. The predicted octanol–water partition coefficient (Wildman–Crippen LogP) is 1.41. The molecule has 1 rings (SSSR count). The molecule has 0 unspecified atom stereocenters. The molecule has 0 fully saturated rings. The Balaban J connectivity index is 2.42. The largest absolute Gasteiger partial charge is 0.494 e. The summed E-state index contributed by atoms with van der Waals surface area (Å²) in [6.45, 7) is 0. The van der Waals surface area contributed by atoms with Crippen molar-refractivity contribution in [2.75, 3.05) is 14.2 Å². The third-order valence-corrected chi connectivity index (χ3v) is 2.35. The van der Waals surface area contributed by atoms with Gasteiger partial charge in [-0.1, -0.05) is 6.07 Å². The first-order valence-corrected chi connectivity index (χ1v) is 5.45. The lowest BCUT2D eigenvalue weighted by atomic mass is 10.1. The van der Waals surface area contributed by atoms with Crippen LogP contribution in [-0.4, -0.2) is 20.1 Å². The molecule has 0 atom stereocenters. The molecular formula is C12H17FN2O2. The van der Waals surface area contributed by atoms with E-state index in [2.05, 4.69) is 10.9 Å². The van der Waals surface area contributed by atoms with E-state index in [9.17, 15) is 9.18 Å². The molecule has 0 saturated carbocycles. The van der Waals surface area contributed by atoms with Crippen molar-refractivity contribution < 1.29 is 13.9 Å². The van der Waals surface area contributed by atoms with Crippen LogP contribution >= 0.6 is 0 Å². The van der Waals surface area contributed by atoms with Gasteiger partial charge >= 0.3 is 0 Å². The fourth-order valence-corrected chi connectivity index (χ4v) is 1.52. The average Bonchev–Trinajstić information content (AvgIpc) is 2.29. The maximum atomic E-state index is 13.3. The van der Waals surface area contributed by atoms with Crippen LogP contribution in [-0.2, 0) is 11.2 Å². The number of amides is 1. The highest BCUT2D eigenvalue weighted by Gasteiger charge is 2.04. The Morgan fingerprint density at radius 2 is 2.24 bits per heavy atom. The third-order valence-electron chi connectivity index (χ3n) is 2.35. The van der Waals surface area contributed by atoms with Crippen molar-refractivity contribution in [2.24, 2.45) is 0 Å². The molecule has 0 aromatic heterocycles. The molecule has 94 valence electrons. The topological polar surface area (TPSA) is 50.4 Å². The normalized spacial score (nSPS) is 10.1. The summed E-state index contributed by atoms with van der Waals surface area (Å²) in [6.07, 6.45) is 1.76. The second-order valence-electron chi connectivity index (χ2n) is 3.62. The van der Waals surface area contributed by atoms with Gasteiger partial charge in [-0.15, -0.1) is 0 Å². The number of ether oxygens (including phenoxy) is 1. The number of carbonyl (C=O) groups excluding carboxylic acids is 1. The SMILES string of the molecule is CNNC(=O)CCCc1ccc(OC)c(F)c1. The molecule has 1 aromatic rings. The van der Waals surface area contributed by atoms with Crippen LogP contribution in [0.25, 0.3) is 0 Å². The van der Waals surface area contributed by atoms with Crippen molar-refractivity contribution in [1.29, 1.82) is 0 Å². The molecule has 0 aliphatic rings. The lowest BCUT2D eigenvalue weighted by Gasteiger charge is -2.05. The number of benzene rings is 1. The fourth-order valence-electron chi connectivity index (χ4n) is 1.52. The Labute approximate surface area is 100 Å². The number of nitrogens with one attached hydrogen (secondary N) is 2. The van der Waals surface area contributed by atoms with Crippen LogP contribution in [0.3, 0.4) is 0 Å². The zero-order valence-electron chi connectivity index (χ0n) is 10.0. The van der Waals surface area contributed by atoms with E-state index in [1.54, 1.807) is 19.2 Å².